The minimum atomic E-state index is -0.289. The highest BCUT2D eigenvalue weighted by Gasteiger charge is 2.24. The van der Waals surface area contributed by atoms with Crippen molar-refractivity contribution in [3.05, 3.63) is 27.7 Å². The maximum absolute atomic E-state index is 11.9. The zero-order valence-corrected chi connectivity index (χ0v) is 11.6. The van der Waals surface area contributed by atoms with Gasteiger partial charge in [-0.25, -0.2) is 0 Å². The molecule has 17 heavy (non-hydrogen) atoms. The maximum atomic E-state index is 11.9. The van der Waals surface area contributed by atoms with Crippen LogP contribution in [0.2, 0.25) is 0 Å². The lowest BCUT2D eigenvalue weighted by atomic mass is 10.1. The Labute approximate surface area is 110 Å². The van der Waals surface area contributed by atoms with Crippen LogP contribution >= 0.6 is 15.9 Å². The maximum Gasteiger partial charge on any atom is 0.253 e. The van der Waals surface area contributed by atoms with Gasteiger partial charge in [0.1, 0.15) is 6.10 Å². The third-order valence-corrected chi connectivity index (χ3v) is 3.53. The molecule has 0 radical (unpaired) electrons. The quantitative estimate of drug-likeness (QED) is 0.910. The molecule has 2 rings (SSSR count). The third-order valence-electron chi connectivity index (χ3n) is 2.90. The van der Waals surface area contributed by atoms with Crippen molar-refractivity contribution in [3.63, 3.8) is 0 Å². The van der Waals surface area contributed by atoms with Gasteiger partial charge in [0.15, 0.2) is 0 Å². The van der Waals surface area contributed by atoms with Crippen molar-refractivity contribution in [2.75, 3.05) is 11.9 Å². The number of anilines is 1. The number of aryl methyl sites for hydroxylation is 2. The lowest BCUT2D eigenvalue weighted by molar-refractivity contribution is -0.124. The summed E-state index contributed by atoms with van der Waals surface area (Å²) < 4.78 is 6.28. The monoisotopic (exact) mass is 297 g/mol. The summed E-state index contributed by atoms with van der Waals surface area (Å²) in [6, 6.07) is 4.05. The van der Waals surface area contributed by atoms with Crippen molar-refractivity contribution in [1.29, 1.82) is 0 Å². The fourth-order valence-corrected chi connectivity index (χ4v) is 2.84. The van der Waals surface area contributed by atoms with Crippen LogP contribution in [0.4, 0.5) is 5.69 Å². The SMILES string of the molecule is Cc1cc(C)c(NC(=O)[C@H]2CCCO2)c(Br)c1. The first-order valence-corrected chi connectivity index (χ1v) is 6.56. The van der Waals surface area contributed by atoms with E-state index in [1.165, 1.54) is 5.56 Å². The van der Waals surface area contributed by atoms with Gasteiger partial charge in [-0.05, 0) is 59.8 Å². The van der Waals surface area contributed by atoms with Crippen molar-refractivity contribution in [3.8, 4) is 0 Å². The van der Waals surface area contributed by atoms with Gasteiger partial charge in [0.05, 0.1) is 5.69 Å². The molecule has 1 heterocycles. The van der Waals surface area contributed by atoms with Crippen LogP contribution in [0.1, 0.15) is 24.0 Å². The number of rotatable bonds is 2. The van der Waals surface area contributed by atoms with Crippen molar-refractivity contribution >= 4 is 27.5 Å². The summed E-state index contributed by atoms with van der Waals surface area (Å²) in [4.78, 5) is 11.9. The van der Waals surface area contributed by atoms with E-state index in [1.807, 2.05) is 19.9 Å². The standard InChI is InChI=1S/C13H16BrNO2/c1-8-6-9(2)12(10(14)7-8)15-13(16)11-4-3-5-17-11/h6-7,11H,3-5H2,1-2H3,(H,15,16)/t11-/m1/s1. The molecule has 0 spiro atoms. The molecular formula is C13H16BrNO2. The Morgan fingerprint density at radius 2 is 2.24 bits per heavy atom. The number of ether oxygens (including phenoxy) is 1. The second-order valence-corrected chi connectivity index (χ2v) is 5.28. The number of benzene rings is 1. The molecule has 3 nitrogen and oxygen atoms in total. The molecule has 0 aliphatic carbocycles. The molecular weight excluding hydrogens is 282 g/mol. The van der Waals surface area contributed by atoms with Crippen molar-refractivity contribution in [2.45, 2.75) is 32.8 Å². The number of hydrogen-bond donors (Lipinski definition) is 1. The average molecular weight is 298 g/mol. The highest BCUT2D eigenvalue weighted by atomic mass is 79.9. The smallest absolute Gasteiger partial charge is 0.253 e. The van der Waals surface area contributed by atoms with Crippen LogP contribution in [0.5, 0.6) is 0 Å². The predicted molar refractivity (Wildman–Crippen MR) is 71.2 cm³/mol. The van der Waals surface area contributed by atoms with Crippen LogP contribution in [-0.4, -0.2) is 18.6 Å². The Kier molecular flexibility index (Phi) is 3.84. The predicted octanol–water partition coefficient (Wildman–Crippen LogP) is 3.18. The molecule has 4 heteroatoms. The van der Waals surface area contributed by atoms with E-state index < -0.39 is 0 Å². The van der Waals surface area contributed by atoms with E-state index in [9.17, 15) is 4.79 Å². The van der Waals surface area contributed by atoms with Gasteiger partial charge in [0.25, 0.3) is 5.91 Å². The van der Waals surface area contributed by atoms with Crippen LogP contribution in [0.3, 0.4) is 0 Å². The number of nitrogens with one attached hydrogen (secondary N) is 1. The first kappa shape index (κ1) is 12.6. The van der Waals surface area contributed by atoms with Crippen molar-refractivity contribution in [2.24, 2.45) is 0 Å². The number of carbonyl (C=O) groups is 1. The second kappa shape index (κ2) is 5.19. The molecule has 92 valence electrons. The van der Waals surface area contributed by atoms with E-state index in [1.54, 1.807) is 0 Å². The van der Waals surface area contributed by atoms with Crippen molar-refractivity contribution in [1.82, 2.24) is 0 Å². The lowest BCUT2D eigenvalue weighted by Crippen LogP contribution is -2.27. The van der Waals surface area contributed by atoms with Gasteiger partial charge in [-0.15, -0.1) is 0 Å². The molecule has 0 saturated carbocycles. The highest BCUT2D eigenvalue weighted by molar-refractivity contribution is 9.10. The lowest BCUT2D eigenvalue weighted by Gasteiger charge is -2.14. The Balaban J connectivity index is 2.15. The Bertz CT molecular complexity index is 416. The van der Waals surface area contributed by atoms with Gasteiger partial charge in [0.2, 0.25) is 0 Å². The molecule has 1 aromatic carbocycles. The van der Waals surface area contributed by atoms with Gasteiger partial charge in [-0.1, -0.05) is 6.07 Å². The van der Waals surface area contributed by atoms with Crippen LogP contribution < -0.4 is 5.32 Å². The minimum Gasteiger partial charge on any atom is -0.368 e. The van der Waals surface area contributed by atoms with Crippen LogP contribution in [0.25, 0.3) is 0 Å². The fraction of sp³-hybridized carbons (Fsp3) is 0.462. The zero-order chi connectivity index (χ0) is 12.4. The van der Waals surface area contributed by atoms with E-state index >= 15 is 0 Å². The van der Waals surface area contributed by atoms with E-state index in [4.69, 9.17) is 4.74 Å². The van der Waals surface area contributed by atoms with E-state index in [-0.39, 0.29) is 12.0 Å². The molecule has 1 N–H and O–H groups in total. The Hall–Kier alpha value is -0.870. The summed E-state index contributed by atoms with van der Waals surface area (Å²) in [5.74, 6) is -0.0462. The summed E-state index contributed by atoms with van der Waals surface area (Å²) in [5, 5.41) is 2.94. The number of carbonyl (C=O) groups excluding carboxylic acids is 1. The second-order valence-electron chi connectivity index (χ2n) is 4.43. The topological polar surface area (TPSA) is 38.3 Å². The van der Waals surface area contributed by atoms with Crippen LogP contribution in [0.15, 0.2) is 16.6 Å². The zero-order valence-electron chi connectivity index (χ0n) is 10.0. The molecule has 1 amide bonds. The highest BCUT2D eigenvalue weighted by Crippen LogP contribution is 2.28. The van der Waals surface area contributed by atoms with Gasteiger partial charge in [-0.2, -0.15) is 0 Å². The van der Waals surface area contributed by atoms with Crippen molar-refractivity contribution < 1.29 is 9.53 Å². The summed E-state index contributed by atoms with van der Waals surface area (Å²) in [5.41, 5.74) is 3.07. The van der Waals surface area contributed by atoms with E-state index in [0.29, 0.717) is 6.61 Å². The first-order chi connectivity index (χ1) is 8.08. The van der Waals surface area contributed by atoms with Gasteiger partial charge in [-0.3, -0.25) is 4.79 Å². The number of amides is 1. The van der Waals surface area contributed by atoms with Crippen LogP contribution in [-0.2, 0) is 9.53 Å². The summed E-state index contributed by atoms with van der Waals surface area (Å²) >= 11 is 3.48. The van der Waals surface area contributed by atoms with Gasteiger partial charge in [0, 0.05) is 11.1 Å². The molecule has 0 bridgehead atoms. The third kappa shape index (κ3) is 2.87. The molecule has 0 aromatic heterocycles. The largest absolute Gasteiger partial charge is 0.368 e. The molecule has 1 aliphatic heterocycles. The van der Waals surface area contributed by atoms with Gasteiger partial charge >= 0.3 is 0 Å². The molecule has 1 atom stereocenters. The Morgan fingerprint density at radius 1 is 1.47 bits per heavy atom. The summed E-state index contributed by atoms with van der Waals surface area (Å²) in [6.45, 7) is 4.71. The first-order valence-electron chi connectivity index (χ1n) is 5.77. The molecule has 1 fully saturated rings. The summed E-state index contributed by atoms with van der Waals surface area (Å²) in [6.07, 6.45) is 1.49. The van der Waals surface area contributed by atoms with E-state index in [2.05, 4.69) is 27.3 Å². The Morgan fingerprint density at radius 3 is 2.82 bits per heavy atom. The summed E-state index contributed by atoms with van der Waals surface area (Å²) in [7, 11) is 0. The fourth-order valence-electron chi connectivity index (χ4n) is 2.06. The molecule has 1 saturated heterocycles. The number of hydrogen-bond acceptors (Lipinski definition) is 2. The minimum absolute atomic E-state index is 0.0462. The van der Waals surface area contributed by atoms with Crippen LogP contribution in [0, 0.1) is 13.8 Å². The molecule has 1 aromatic rings. The van der Waals surface area contributed by atoms with Gasteiger partial charge < -0.3 is 10.1 Å². The molecule has 0 unspecified atom stereocenters. The number of halogens is 1. The normalized spacial score (nSPS) is 19.4. The van der Waals surface area contributed by atoms with E-state index in [0.717, 1.165) is 28.6 Å². The molecule has 1 aliphatic rings. The average Bonchev–Trinajstić information content (AvgIpc) is 2.76.